The molecule has 0 bridgehead atoms. The van der Waals surface area contributed by atoms with Crippen molar-refractivity contribution >= 4 is 11.0 Å². The third-order valence-electron chi connectivity index (χ3n) is 10.5. The molecule has 8 aromatic rings. The summed E-state index contributed by atoms with van der Waals surface area (Å²) in [5, 5.41) is 11.8. The molecular formula is C53H50N3OPt-. The van der Waals surface area contributed by atoms with Crippen LogP contribution < -0.4 is 0 Å². The second-order valence-electron chi connectivity index (χ2n) is 16.9. The van der Waals surface area contributed by atoms with Gasteiger partial charge in [0, 0.05) is 42.6 Å². The van der Waals surface area contributed by atoms with E-state index >= 15 is 0 Å². The smallest absolute Gasteiger partial charge is 0.148 e. The maximum absolute atomic E-state index is 11.8. The summed E-state index contributed by atoms with van der Waals surface area (Å²) in [6, 6.07) is 35.9. The number of aromatic nitrogens is 3. The summed E-state index contributed by atoms with van der Waals surface area (Å²) in [5.41, 5.74) is 11.0. The van der Waals surface area contributed by atoms with E-state index in [-0.39, 0.29) is 43.2 Å². The maximum atomic E-state index is 11.8. The third-order valence-corrected chi connectivity index (χ3v) is 10.5. The van der Waals surface area contributed by atoms with Crippen LogP contribution in [0, 0.1) is 26.8 Å². The van der Waals surface area contributed by atoms with E-state index < -0.39 is 36.6 Å². The van der Waals surface area contributed by atoms with Gasteiger partial charge in [-0.1, -0.05) is 143 Å². The van der Waals surface area contributed by atoms with Gasteiger partial charge in [-0.05, 0) is 95.2 Å². The first-order chi connectivity index (χ1) is 30.0. The van der Waals surface area contributed by atoms with Crippen molar-refractivity contribution < 1.29 is 35.8 Å². The van der Waals surface area contributed by atoms with E-state index in [2.05, 4.69) is 94.6 Å². The molecule has 2 aromatic heterocycles. The summed E-state index contributed by atoms with van der Waals surface area (Å²) >= 11 is 0. The zero-order valence-corrected chi connectivity index (χ0v) is 36.3. The van der Waals surface area contributed by atoms with Gasteiger partial charge in [-0.25, -0.2) is 4.98 Å². The number of hydrogen-bond donors (Lipinski definition) is 1. The third kappa shape index (κ3) is 7.83. The summed E-state index contributed by atoms with van der Waals surface area (Å²) in [6.45, 7) is 14.1. The van der Waals surface area contributed by atoms with Gasteiger partial charge in [0.15, 0.2) is 0 Å². The van der Waals surface area contributed by atoms with Crippen molar-refractivity contribution in [1.29, 1.82) is 0 Å². The van der Waals surface area contributed by atoms with Crippen LogP contribution in [0.1, 0.15) is 79.0 Å². The van der Waals surface area contributed by atoms with Crippen molar-refractivity contribution in [3.05, 3.63) is 167 Å². The molecule has 0 radical (unpaired) electrons. The first-order valence-corrected chi connectivity index (χ1v) is 19.2. The predicted octanol–water partition coefficient (Wildman–Crippen LogP) is 13.8. The number of benzene rings is 6. The zero-order valence-electron chi connectivity index (χ0n) is 41.0. The molecule has 0 aliphatic rings. The zero-order chi connectivity index (χ0) is 46.2. The summed E-state index contributed by atoms with van der Waals surface area (Å²) in [7, 11) is 0. The molecule has 294 valence electrons. The number of aryl methyl sites for hydroxylation is 2. The van der Waals surface area contributed by atoms with Crippen LogP contribution in [-0.2, 0) is 31.9 Å². The molecule has 0 aliphatic heterocycles. The normalized spacial score (nSPS) is 13.8. The number of para-hydroxylation sites is 1. The number of imidazole rings is 1. The van der Waals surface area contributed by atoms with Gasteiger partial charge in [0.25, 0.3) is 0 Å². The Morgan fingerprint density at radius 2 is 1.38 bits per heavy atom. The molecule has 0 saturated carbocycles. The van der Waals surface area contributed by atoms with Crippen molar-refractivity contribution in [3.63, 3.8) is 0 Å². The topological polar surface area (TPSA) is 50.9 Å². The fourth-order valence-corrected chi connectivity index (χ4v) is 7.39. The number of phenolic OH excluding ortho intramolecular Hbond substituents is 1. The number of aromatic hydroxyl groups is 1. The van der Waals surface area contributed by atoms with Crippen molar-refractivity contribution in [2.75, 3.05) is 0 Å². The average Bonchev–Trinajstić information content (AvgIpc) is 3.63. The summed E-state index contributed by atoms with van der Waals surface area (Å²) in [4.78, 5) is 10.2. The van der Waals surface area contributed by atoms with Gasteiger partial charge < -0.3 is 5.11 Å². The van der Waals surface area contributed by atoms with Crippen molar-refractivity contribution in [1.82, 2.24) is 14.5 Å². The Kier molecular flexibility index (Phi) is 8.74. The molecule has 0 amide bonds. The van der Waals surface area contributed by atoms with Crippen molar-refractivity contribution in [2.24, 2.45) is 0 Å². The number of fused-ring (bicyclic) bond motifs is 1. The van der Waals surface area contributed by atoms with E-state index in [9.17, 15) is 5.11 Å². The molecule has 0 atom stereocenters. The van der Waals surface area contributed by atoms with Crippen LogP contribution >= 0.6 is 0 Å². The molecule has 8 rings (SSSR count). The molecule has 5 heteroatoms. The van der Waals surface area contributed by atoms with E-state index in [1.165, 1.54) is 5.56 Å². The number of hydrogen-bond acceptors (Lipinski definition) is 3. The Morgan fingerprint density at radius 1 is 0.655 bits per heavy atom. The molecule has 58 heavy (non-hydrogen) atoms. The second-order valence-corrected chi connectivity index (χ2v) is 16.9. The molecule has 1 N–H and O–H groups in total. The summed E-state index contributed by atoms with van der Waals surface area (Å²) in [5.74, 6) is 0.735. The summed E-state index contributed by atoms with van der Waals surface area (Å²) in [6.07, 6.45) is 1.55. The predicted molar refractivity (Wildman–Crippen MR) is 238 cm³/mol. The molecule has 0 unspecified atom stereocenters. The quantitative estimate of drug-likeness (QED) is 0.169. The van der Waals surface area contributed by atoms with Crippen LogP contribution in [0.2, 0.25) is 0 Å². The largest absolute Gasteiger partial charge is 0.507 e. The number of nitrogens with zero attached hydrogens (tertiary/aromatic N) is 3. The molecule has 2 heterocycles. The fourth-order valence-electron chi connectivity index (χ4n) is 7.39. The number of phenols is 1. The number of rotatable bonds is 6. The summed E-state index contributed by atoms with van der Waals surface area (Å²) < 4.78 is 60.4. The van der Waals surface area contributed by atoms with Gasteiger partial charge in [-0.3, -0.25) is 9.55 Å². The molecule has 6 aromatic carbocycles. The van der Waals surface area contributed by atoms with Crippen LogP contribution in [0.15, 0.2) is 133 Å². The van der Waals surface area contributed by atoms with E-state index in [4.69, 9.17) is 19.6 Å². The van der Waals surface area contributed by atoms with E-state index in [1.54, 1.807) is 18.3 Å². The minimum atomic E-state index is -2.82. The Morgan fingerprint density at radius 3 is 2.09 bits per heavy atom. The number of pyridine rings is 1. The van der Waals surface area contributed by atoms with E-state index in [1.807, 2.05) is 62.4 Å². The Labute approximate surface area is 367 Å². The minimum Gasteiger partial charge on any atom is -0.507 e. The van der Waals surface area contributed by atoms with Crippen LogP contribution in [0.25, 0.3) is 72.7 Å². The molecule has 4 nitrogen and oxygen atoms in total. The van der Waals surface area contributed by atoms with Crippen LogP contribution in [0.3, 0.4) is 0 Å². The maximum Gasteiger partial charge on any atom is 0.148 e. The molecule has 0 fully saturated rings. The first kappa shape index (κ1) is 32.4. The fraction of sp³-hybridized carbons (Fsp3) is 0.208. The minimum absolute atomic E-state index is 0. The Hall–Kier alpha value is -5.57. The molecule has 0 saturated heterocycles. The van der Waals surface area contributed by atoms with Gasteiger partial charge in [0.2, 0.25) is 0 Å². The first-order valence-electron chi connectivity index (χ1n) is 22.7. The van der Waals surface area contributed by atoms with Crippen LogP contribution in [-0.4, -0.2) is 19.6 Å². The van der Waals surface area contributed by atoms with E-state index in [0.717, 1.165) is 50.1 Å². The Balaban J connectivity index is 0.00000630. The monoisotopic (exact) mass is 946 g/mol. The molecular weight excluding hydrogens is 890 g/mol. The Bertz CT molecular complexity index is 3120. The molecule has 0 aliphatic carbocycles. The van der Waals surface area contributed by atoms with Gasteiger partial charge >= 0.3 is 0 Å². The van der Waals surface area contributed by atoms with Crippen molar-refractivity contribution in [3.8, 4) is 67.5 Å². The standard InChI is InChI=1S/C53H50N3O.Pt/c1-33-18-20-36(21-19-33)38-24-25-54-46(31-38)40-28-39(29-42(30-40)53(7,8)9)43-16-13-17-48-49(43)55-51(45-27-34(2)26-35(3)50(45)57)56(48)47-23-22-41(52(4,5)6)32-44(47)37-14-11-10-12-15-37;/h10-27,29-32,57H,1-9H3;/q-1;/i1D3,18D,19D,20D,21D;. The van der Waals surface area contributed by atoms with E-state index in [0.29, 0.717) is 33.7 Å². The van der Waals surface area contributed by atoms with Crippen molar-refractivity contribution in [2.45, 2.75) is 73.1 Å². The molecule has 0 spiro atoms. The van der Waals surface area contributed by atoms with Crippen LogP contribution in [0.5, 0.6) is 5.75 Å². The second kappa shape index (κ2) is 15.6. The van der Waals surface area contributed by atoms with Gasteiger partial charge in [0.1, 0.15) is 11.6 Å². The van der Waals surface area contributed by atoms with Gasteiger partial charge in [-0.2, -0.15) is 0 Å². The van der Waals surface area contributed by atoms with Crippen LogP contribution in [0.4, 0.5) is 0 Å². The van der Waals surface area contributed by atoms with Gasteiger partial charge in [-0.15, -0.1) is 29.3 Å². The average molecular weight is 947 g/mol. The van der Waals surface area contributed by atoms with Gasteiger partial charge in [0.05, 0.1) is 27.8 Å². The SMILES string of the molecule is [2H]c1c([2H])c(C([2H])([2H])[2H])c([2H])c([2H])c1-c1ccnc(-c2[c-]c(-c3cccc4c3nc(-c3cc(C)cc(C)c3O)n4-c3ccc(C(C)(C)C)cc3-c3ccccc3)cc(C(C)(C)C)c2)c1.[Pt].